The Kier molecular flexibility index (Phi) is 5.09. The maximum absolute atomic E-state index is 5.79. The number of nitrogens with one attached hydrogen (secondary N) is 1. The molecule has 0 fully saturated rings. The molecule has 0 bridgehead atoms. The van der Waals surface area contributed by atoms with Crippen molar-refractivity contribution >= 4 is 15.9 Å². The molecule has 0 spiro atoms. The van der Waals surface area contributed by atoms with E-state index in [0.717, 1.165) is 21.5 Å². The predicted molar refractivity (Wildman–Crippen MR) is 83.0 cm³/mol. The zero-order chi connectivity index (χ0) is 14.5. The first-order chi connectivity index (χ1) is 9.54. The topological polar surface area (TPSA) is 47.0 Å². The minimum absolute atomic E-state index is 0.412. The zero-order valence-corrected chi connectivity index (χ0v) is 13.4. The van der Waals surface area contributed by atoms with Crippen LogP contribution in [0.15, 0.2) is 35.1 Å². The molecule has 0 unspecified atom stereocenters. The normalized spacial score (nSPS) is 10.8. The predicted octanol–water partition coefficient (Wildman–Crippen LogP) is 3.84. The smallest absolute Gasteiger partial charge is 0.238 e. The summed E-state index contributed by atoms with van der Waals surface area (Å²) >= 11 is 3.44. The lowest BCUT2D eigenvalue weighted by atomic mass is 10.2. The number of aryl methyl sites for hydroxylation is 1. The van der Waals surface area contributed by atoms with Crippen LogP contribution in [0.2, 0.25) is 0 Å². The fraction of sp³-hybridized carbons (Fsp3) is 0.333. The van der Waals surface area contributed by atoms with Gasteiger partial charge >= 0.3 is 0 Å². The molecule has 5 heteroatoms. The highest BCUT2D eigenvalue weighted by Gasteiger charge is 2.05. The van der Waals surface area contributed by atoms with Crippen LogP contribution in [0, 0.1) is 6.92 Å². The lowest BCUT2D eigenvalue weighted by molar-refractivity contribution is 0.451. The van der Waals surface area contributed by atoms with Gasteiger partial charge in [0.1, 0.15) is 5.75 Å². The lowest BCUT2D eigenvalue weighted by Crippen LogP contribution is -2.22. The van der Waals surface area contributed by atoms with E-state index in [1.54, 1.807) is 12.4 Å². The Bertz CT molecular complexity index is 587. The maximum Gasteiger partial charge on any atom is 0.238 e. The molecule has 0 aliphatic carbocycles. The number of aromatic nitrogens is 2. The zero-order valence-electron chi connectivity index (χ0n) is 11.9. The van der Waals surface area contributed by atoms with Gasteiger partial charge in [0.05, 0.1) is 11.9 Å². The first-order valence-electron chi connectivity index (χ1n) is 6.53. The molecular formula is C15H18BrN3O. The summed E-state index contributed by atoms with van der Waals surface area (Å²) in [6, 6.07) is 6.28. The fourth-order valence-electron chi connectivity index (χ4n) is 1.67. The maximum atomic E-state index is 5.79. The van der Waals surface area contributed by atoms with Crippen LogP contribution < -0.4 is 10.1 Å². The van der Waals surface area contributed by atoms with Crippen molar-refractivity contribution in [3.05, 3.63) is 46.3 Å². The molecule has 2 aromatic rings. The SMILES string of the molecule is Cc1cc(Br)ccc1Oc1cncc(CNC(C)C)n1. The second-order valence-electron chi connectivity index (χ2n) is 4.90. The van der Waals surface area contributed by atoms with E-state index >= 15 is 0 Å². The molecule has 0 saturated heterocycles. The van der Waals surface area contributed by atoms with Gasteiger partial charge in [-0.15, -0.1) is 0 Å². The summed E-state index contributed by atoms with van der Waals surface area (Å²) in [7, 11) is 0. The highest BCUT2D eigenvalue weighted by atomic mass is 79.9. The summed E-state index contributed by atoms with van der Waals surface area (Å²) < 4.78 is 6.82. The first-order valence-corrected chi connectivity index (χ1v) is 7.32. The van der Waals surface area contributed by atoms with Gasteiger partial charge in [-0.1, -0.05) is 29.8 Å². The Hall–Kier alpha value is -1.46. The van der Waals surface area contributed by atoms with Crippen molar-refractivity contribution in [3.63, 3.8) is 0 Å². The largest absolute Gasteiger partial charge is 0.437 e. The molecule has 0 aliphatic rings. The van der Waals surface area contributed by atoms with E-state index in [9.17, 15) is 0 Å². The van der Waals surface area contributed by atoms with Crippen molar-refractivity contribution in [1.29, 1.82) is 0 Å². The molecule has 1 aromatic carbocycles. The monoisotopic (exact) mass is 335 g/mol. The van der Waals surface area contributed by atoms with Crippen LogP contribution in [0.4, 0.5) is 0 Å². The second kappa shape index (κ2) is 6.81. The van der Waals surface area contributed by atoms with Crippen LogP contribution >= 0.6 is 15.9 Å². The third kappa shape index (κ3) is 4.28. The Morgan fingerprint density at radius 1 is 1.30 bits per heavy atom. The van der Waals surface area contributed by atoms with E-state index in [1.807, 2.05) is 25.1 Å². The van der Waals surface area contributed by atoms with E-state index < -0.39 is 0 Å². The van der Waals surface area contributed by atoms with Crippen molar-refractivity contribution in [2.24, 2.45) is 0 Å². The molecule has 0 saturated carbocycles. The van der Waals surface area contributed by atoms with Crippen LogP contribution in [0.3, 0.4) is 0 Å². The highest BCUT2D eigenvalue weighted by Crippen LogP contribution is 2.26. The molecule has 2 rings (SSSR count). The second-order valence-corrected chi connectivity index (χ2v) is 5.81. The molecular weight excluding hydrogens is 318 g/mol. The van der Waals surface area contributed by atoms with Crippen LogP contribution in [0.1, 0.15) is 25.1 Å². The summed E-state index contributed by atoms with van der Waals surface area (Å²) in [4.78, 5) is 8.61. The quantitative estimate of drug-likeness (QED) is 0.901. The summed E-state index contributed by atoms with van der Waals surface area (Å²) in [5.74, 6) is 1.30. The third-order valence-corrected chi connectivity index (χ3v) is 3.20. The van der Waals surface area contributed by atoms with E-state index in [0.29, 0.717) is 18.5 Å². The Labute approximate surface area is 127 Å². The van der Waals surface area contributed by atoms with Crippen molar-refractivity contribution in [2.45, 2.75) is 33.4 Å². The van der Waals surface area contributed by atoms with Crippen molar-refractivity contribution in [1.82, 2.24) is 15.3 Å². The van der Waals surface area contributed by atoms with Crippen LogP contribution in [0.25, 0.3) is 0 Å². The van der Waals surface area contributed by atoms with Crippen molar-refractivity contribution < 1.29 is 4.74 Å². The summed E-state index contributed by atoms with van der Waals surface area (Å²) in [6.07, 6.45) is 3.37. The van der Waals surface area contributed by atoms with Crippen LogP contribution in [0.5, 0.6) is 11.6 Å². The van der Waals surface area contributed by atoms with E-state index in [1.165, 1.54) is 0 Å². The number of rotatable bonds is 5. The van der Waals surface area contributed by atoms with Gasteiger partial charge in [-0.25, -0.2) is 4.98 Å². The van der Waals surface area contributed by atoms with Gasteiger partial charge in [0.25, 0.3) is 0 Å². The number of halogens is 1. The van der Waals surface area contributed by atoms with Crippen molar-refractivity contribution in [3.8, 4) is 11.6 Å². The van der Waals surface area contributed by atoms with Gasteiger partial charge in [0, 0.05) is 23.3 Å². The fourth-order valence-corrected chi connectivity index (χ4v) is 2.14. The van der Waals surface area contributed by atoms with Crippen LogP contribution in [-0.2, 0) is 6.54 Å². The number of ether oxygens (including phenoxy) is 1. The average molecular weight is 336 g/mol. The van der Waals surface area contributed by atoms with E-state index in [-0.39, 0.29) is 0 Å². The summed E-state index contributed by atoms with van der Waals surface area (Å²) in [5, 5.41) is 3.31. The Balaban J connectivity index is 2.11. The molecule has 0 aliphatic heterocycles. The molecule has 1 aromatic heterocycles. The number of benzene rings is 1. The third-order valence-electron chi connectivity index (χ3n) is 2.71. The standard InChI is InChI=1S/C15H18BrN3O/c1-10(2)18-8-13-7-17-9-15(19-13)20-14-5-4-12(16)6-11(14)3/h4-7,9-10,18H,8H2,1-3H3. The lowest BCUT2D eigenvalue weighted by Gasteiger charge is -2.10. The molecule has 0 radical (unpaired) electrons. The molecule has 20 heavy (non-hydrogen) atoms. The number of nitrogens with zero attached hydrogens (tertiary/aromatic N) is 2. The summed E-state index contributed by atoms with van der Waals surface area (Å²) in [5.41, 5.74) is 1.91. The summed E-state index contributed by atoms with van der Waals surface area (Å²) in [6.45, 7) is 6.87. The number of hydrogen-bond donors (Lipinski definition) is 1. The highest BCUT2D eigenvalue weighted by molar-refractivity contribution is 9.10. The minimum atomic E-state index is 0.412. The van der Waals surface area contributed by atoms with Gasteiger partial charge in [0.15, 0.2) is 0 Å². The molecule has 0 atom stereocenters. The minimum Gasteiger partial charge on any atom is -0.437 e. The molecule has 1 heterocycles. The molecule has 1 N–H and O–H groups in total. The van der Waals surface area contributed by atoms with E-state index in [4.69, 9.17) is 4.74 Å². The van der Waals surface area contributed by atoms with Crippen LogP contribution in [-0.4, -0.2) is 16.0 Å². The van der Waals surface area contributed by atoms with Gasteiger partial charge < -0.3 is 10.1 Å². The Morgan fingerprint density at radius 3 is 2.80 bits per heavy atom. The van der Waals surface area contributed by atoms with Gasteiger partial charge in [-0.05, 0) is 30.7 Å². The van der Waals surface area contributed by atoms with Gasteiger partial charge in [-0.3, -0.25) is 4.98 Å². The molecule has 4 nitrogen and oxygen atoms in total. The van der Waals surface area contributed by atoms with Gasteiger partial charge in [-0.2, -0.15) is 0 Å². The average Bonchev–Trinajstić information content (AvgIpc) is 2.40. The molecule has 0 amide bonds. The van der Waals surface area contributed by atoms with Gasteiger partial charge in [0.2, 0.25) is 5.88 Å². The first kappa shape index (κ1) is 14.9. The Morgan fingerprint density at radius 2 is 2.10 bits per heavy atom. The van der Waals surface area contributed by atoms with Crippen molar-refractivity contribution in [2.75, 3.05) is 0 Å². The molecule has 106 valence electrons. The number of hydrogen-bond acceptors (Lipinski definition) is 4. The van der Waals surface area contributed by atoms with E-state index in [2.05, 4.69) is 45.1 Å².